The molecule has 0 bridgehead atoms. The third-order valence-electron chi connectivity index (χ3n) is 4.35. The second-order valence-electron chi connectivity index (χ2n) is 6.10. The van der Waals surface area contributed by atoms with Crippen molar-refractivity contribution in [1.82, 2.24) is 29.9 Å². The summed E-state index contributed by atoms with van der Waals surface area (Å²) in [4.78, 5) is 12.6. The molecule has 130 valence electrons. The largest absolute Gasteiger partial charge is 0.356 e. The number of thiophene rings is 1. The van der Waals surface area contributed by atoms with Crippen LogP contribution in [0.15, 0.2) is 40.6 Å². The van der Waals surface area contributed by atoms with Gasteiger partial charge in [-0.15, -0.1) is 21.5 Å². The second kappa shape index (κ2) is 6.03. The Morgan fingerprint density at radius 1 is 1.27 bits per heavy atom. The number of anilines is 1. The molecule has 0 saturated heterocycles. The van der Waals surface area contributed by atoms with Crippen molar-refractivity contribution in [2.45, 2.75) is 20.0 Å². The summed E-state index contributed by atoms with van der Waals surface area (Å²) in [5.74, 6) is 2.28. The van der Waals surface area contributed by atoms with Gasteiger partial charge in [-0.2, -0.15) is 0 Å². The average Bonchev–Trinajstić information content (AvgIpc) is 3.42. The number of fused-ring (bicyclic) bond motifs is 1. The quantitative estimate of drug-likeness (QED) is 0.552. The first kappa shape index (κ1) is 15.2. The molecule has 5 rings (SSSR count). The molecule has 9 heteroatoms. The predicted octanol–water partition coefficient (Wildman–Crippen LogP) is 2.78. The van der Waals surface area contributed by atoms with E-state index in [0.717, 1.165) is 40.7 Å². The van der Waals surface area contributed by atoms with E-state index in [1.165, 1.54) is 0 Å². The molecular formula is C17H15N7OS. The monoisotopic (exact) mass is 365 g/mol. The molecule has 0 radical (unpaired) electrons. The molecular weight excluding hydrogens is 350 g/mol. The summed E-state index contributed by atoms with van der Waals surface area (Å²) in [6, 6.07) is 5.97. The summed E-state index contributed by atoms with van der Waals surface area (Å²) in [5.41, 5.74) is 2.53. The van der Waals surface area contributed by atoms with Gasteiger partial charge in [0.2, 0.25) is 5.95 Å². The normalized spacial score (nSPS) is 13.8. The maximum atomic E-state index is 5.45. The molecule has 0 unspecified atom stereocenters. The van der Waals surface area contributed by atoms with Crippen molar-refractivity contribution < 1.29 is 4.52 Å². The molecule has 1 aliphatic heterocycles. The SMILES string of the molecule is Cc1cc(-c2cnc(N3CCn4cnnc4C3)nc2-c2cccs2)on1. The third-order valence-corrected chi connectivity index (χ3v) is 5.22. The van der Waals surface area contributed by atoms with Gasteiger partial charge in [-0.05, 0) is 18.4 Å². The van der Waals surface area contributed by atoms with Crippen LogP contribution in [0.3, 0.4) is 0 Å². The zero-order valence-electron chi connectivity index (χ0n) is 14.0. The summed E-state index contributed by atoms with van der Waals surface area (Å²) >= 11 is 1.64. The predicted molar refractivity (Wildman–Crippen MR) is 96.7 cm³/mol. The van der Waals surface area contributed by atoms with E-state index in [1.807, 2.05) is 30.6 Å². The van der Waals surface area contributed by atoms with Crippen LogP contribution < -0.4 is 4.90 Å². The summed E-state index contributed by atoms with van der Waals surface area (Å²) in [7, 11) is 0. The van der Waals surface area contributed by atoms with Crippen molar-refractivity contribution in [3.05, 3.63) is 47.6 Å². The Labute approximate surface area is 153 Å². The Balaban J connectivity index is 1.57. The molecule has 5 heterocycles. The highest BCUT2D eigenvalue weighted by molar-refractivity contribution is 7.13. The lowest BCUT2D eigenvalue weighted by Crippen LogP contribution is -2.34. The van der Waals surface area contributed by atoms with Gasteiger partial charge in [0, 0.05) is 25.4 Å². The number of aromatic nitrogens is 6. The molecule has 0 spiro atoms. The van der Waals surface area contributed by atoms with Gasteiger partial charge in [0.05, 0.1) is 28.4 Å². The van der Waals surface area contributed by atoms with Gasteiger partial charge in [0.1, 0.15) is 6.33 Å². The first-order valence-corrected chi connectivity index (χ1v) is 9.12. The van der Waals surface area contributed by atoms with Crippen molar-refractivity contribution in [3.63, 3.8) is 0 Å². The van der Waals surface area contributed by atoms with E-state index in [4.69, 9.17) is 9.51 Å². The zero-order valence-corrected chi connectivity index (χ0v) is 14.8. The van der Waals surface area contributed by atoms with Crippen LogP contribution >= 0.6 is 11.3 Å². The smallest absolute Gasteiger partial charge is 0.226 e. The fraction of sp³-hybridized carbons (Fsp3) is 0.235. The topological polar surface area (TPSA) is 85.8 Å². The van der Waals surface area contributed by atoms with Gasteiger partial charge in [-0.1, -0.05) is 11.2 Å². The molecule has 0 atom stereocenters. The van der Waals surface area contributed by atoms with Gasteiger partial charge in [0.15, 0.2) is 11.6 Å². The van der Waals surface area contributed by atoms with Crippen LogP contribution in [-0.4, -0.2) is 36.4 Å². The molecule has 0 aliphatic carbocycles. The van der Waals surface area contributed by atoms with Gasteiger partial charge < -0.3 is 14.0 Å². The Morgan fingerprint density at radius 2 is 2.23 bits per heavy atom. The number of aryl methyl sites for hydroxylation is 1. The minimum atomic E-state index is 0.643. The molecule has 1 aliphatic rings. The lowest BCUT2D eigenvalue weighted by atomic mass is 10.1. The Kier molecular flexibility index (Phi) is 3.52. The first-order valence-electron chi connectivity index (χ1n) is 8.24. The van der Waals surface area contributed by atoms with Gasteiger partial charge in [0.25, 0.3) is 0 Å². The van der Waals surface area contributed by atoms with E-state index in [9.17, 15) is 0 Å². The number of hydrogen-bond donors (Lipinski definition) is 0. The third kappa shape index (κ3) is 2.57. The van der Waals surface area contributed by atoms with Gasteiger partial charge in [-0.3, -0.25) is 0 Å². The first-order chi connectivity index (χ1) is 12.8. The van der Waals surface area contributed by atoms with Crippen LogP contribution in [0.5, 0.6) is 0 Å². The highest BCUT2D eigenvalue weighted by Gasteiger charge is 2.22. The Bertz CT molecular complexity index is 1050. The molecule has 8 nitrogen and oxygen atoms in total. The molecule has 0 amide bonds. The summed E-state index contributed by atoms with van der Waals surface area (Å²) in [6.45, 7) is 4.18. The Hall–Kier alpha value is -3.07. The maximum absolute atomic E-state index is 5.45. The van der Waals surface area contributed by atoms with Crippen molar-refractivity contribution in [3.8, 4) is 21.9 Å². The second-order valence-corrected chi connectivity index (χ2v) is 7.05. The Morgan fingerprint density at radius 3 is 3.04 bits per heavy atom. The lowest BCUT2D eigenvalue weighted by Gasteiger charge is -2.27. The minimum absolute atomic E-state index is 0.643. The van der Waals surface area contributed by atoms with Crippen LogP contribution in [0, 0.1) is 6.92 Å². The summed E-state index contributed by atoms with van der Waals surface area (Å²) in [5, 5.41) is 14.2. The zero-order chi connectivity index (χ0) is 17.5. The van der Waals surface area contributed by atoms with Crippen LogP contribution in [0.2, 0.25) is 0 Å². The van der Waals surface area contributed by atoms with E-state index >= 15 is 0 Å². The molecule has 26 heavy (non-hydrogen) atoms. The van der Waals surface area contributed by atoms with E-state index in [-0.39, 0.29) is 0 Å². The lowest BCUT2D eigenvalue weighted by molar-refractivity contribution is 0.427. The van der Waals surface area contributed by atoms with Crippen LogP contribution in [0.4, 0.5) is 5.95 Å². The van der Waals surface area contributed by atoms with Crippen LogP contribution in [0.1, 0.15) is 11.5 Å². The summed E-state index contributed by atoms with van der Waals surface area (Å²) in [6.07, 6.45) is 3.58. The fourth-order valence-corrected chi connectivity index (χ4v) is 3.76. The average molecular weight is 365 g/mol. The number of nitrogens with zero attached hydrogens (tertiary/aromatic N) is 7. The van der Waals surface area contributed by atoms with Crippen molar-refractivity contribution in [2.24, 2.45) is 0 Å². The van der Waals surface area contributed by atoms with E-state index in [1.54, 1.807) is 17.7 Å². The maximum Gasteiger partial charge on any atom is 0.226 e. The minimum Gasteiger partial charge on any atom is -0.356 e. The highest BCUT2D eigenvalue weighted by atomic mass is 32.1. The molecule has 0 N–H and O–H groups in total. The van der Waals surface area contributed by atoms with Crippen molar-refractivity contribution in [1.29, 1.82) is 0 Å². The van der Waals surface area contributed by atoms with E-state index in [2.05, 4.69) is 35.9 Å². The van der Waals surface area contributed by atoms with Crippen molar-refractivity contribution in [2.75, 3.05) is 11.4 Å². The molecule has 0 aromatic carbocycles. The van der Waals surface area contributed by atoms with Crippen molar-refractivity contribution >= 4 is 17.3 Å². The molecule has 0 saturated carbocycles. The molecule has 4 aromatic heterocycles. The number of hydrogen-bond acceptors (Lipinski definition) is 8. The van der Waals surface area contributed by atoms with E-state index in [0.29, 0.717) is 18.3 Å². The highest BCUT2D eigenvalue weighted by Crippen LogP contribution is 2.34. The standard InChI is InChI=1S/C17H15N7OS/c1-11-7-13(25-22-11)12-8-18-17(20-16(12)14-3-2-6-26-14)23-4-5-24-10-19-21-15(24)9-23/h2-3,6-8,10H,4-5,9H2,1H3. The van der Waals surface area contributed by atoms with Gasteiger partial charge >= 0.3 is 0 Å². The van der Waals surface area contributed by atoms with E-state index < -0.39 is 0 Å². The molecule has 0 fully saturated rings. The fourth-order valence-electron chi connectivity index (χ4n) is 3.03. The van der Waals surface area contributed by atoms with Crippen LogP contribution in [-0.2, 0) is 13.1 Å². The molecule has 4 aromatic rings. The van der Waals surface area contributed by atoms with Gasteiger partial charge in [-0.25, -0.2) is 9.97 Å². The number of rotatable bonds is 3. The van der Waals surface area contributed by atoms with Crippen LogP contribution in [0.25, 0.3) is 21.9 Å². The summed E-state index contributed by atoms with van der Waals surface area (Å²) < 4.78 is 7.51.